The number of benzene rings is 1. The van der Waals surface area contributed by atoms with Crippen LogP contribution >= 0.6 is 0 Å². The molecule has 0 saturated carbocycles. The Hall–Kier alpha value is -1.60. The molecular weight excluding hydrogens is 309 g/mol. The molecule has 0 bridgehead atoms. The van der Waals surface area contributed by atoms with E-state index in [4.69, 9.17) is 10.5 Å². The van der Waals surface area contributed by atoms with Gasteiger partial charge in [-0.15, -0.1) is 0 Å². The summed E-state index contributed by atoms with van der Waals surface area (Å²) < 4.78 is 43.6. The number of rotatable bonds is 7. The minimum absolute atomic E-state index is 0.0647. The van der Waals surface area contributed by atoms with Crippen LogP contribution in [-0.2, 0) is 15.7 Å². The third kappa shape index (κ3) is 5.84. The van der Waals surface area contributed by atoms with Gasteiger partial charge in [-0.05, 0) is 23.6 Å². The van der Waals surface area contributed by atoms with Crippen LogP contribution in [0.3, 0.4) is 0 Å². The van der Waals surface area contributed by atoms with Gasteiger partial charge < -0.3 is 15.8 Å². The molecular formula is C16H23F3N2O2. The maximum atomic E-state index is 12.8. The Labute approximate surface area is 134 Å². The van der Waals surface area contributed by atoms with Crippen molar-refractivity contribution >= 4 is 5.91 Å². The van der Waals surface area contributed by atoms with Crippen LogP contribution in [0.2, 0.25) is 0 Å². The monoisotopic (exact) mass is 332 g/mol. The zero-order valence-corrected chi connectivity index (χ0v) is 13.5. The first-order valence-electron chi connectivity index (χ1n) is 7.38. The Morgan fingerprint density at radius 2 is 2.00 bits per heavy atom. The van der Waals surface area contributed by atoms with E-state index in [1.165, 1.54) is 13.2 Å². The van der Waals surface area contributed by atoms with Crippen LogP contribution in [0.25, 0.3) is 0 Å². The summed E-state index contributed by atoms with van der Waals surface area (Å²) in [5, 5.41) is 2.77. The first-order chi connectivity index (χ1) is 10.7. The number of nitrogens with two attached hydrogens (primary N) is 1. The first-order valence-corrected chi connectivity index (χ1v) is 7.38. The summed E-state index contributed by atoms with van der Waals surface area (Å²) in [5.74, 6) is -0.375. The van der Waals surface area contributed by atoms with Gasteiger partial charge in [0.2, 0.25) is 5.91 Å². The highest BCUT2D eigenvalue weighted by atomic mass is 19.4. The predicted molar refractivity (Wildman–Crippen MR) is 81.6 cm³/mol. The Morgan fingerprint density at radius 3 is 2.48 bits per heavy atom. The Morgan fingerprint density at radius 1 is 1.35 bits per heavy atom. The number of nitrogens with one attached hydrogen (secondary N) is 1. The van der Waals surface area contributed by atoms with Crippen molar-refractivity contribution in [2.75, 3.05) is 13.7 Å². The van der Waals surface area contributed by atoms with Crippen molar-refractivity contribution < 1.29 is 22.7 Å². The third-order valence-electron chi connectivity index (χ3n) is 3.57. The molecule has 1 amide bonds. The molecule has 3 N–H and O–H groups in total. The second kappa shape index (κ2) is 8.31. The molecule has 0 spiro atoms. The van der Waals surface area contributed by atoms with Crippen molar-refractivity contribution in [1.82, 2.24) is 5.32 Å². The van der Waals surface area contributed by atoms with E-state index < -0.39 is 23.9 Å². The number of amides is 1. The number of halogens is 3. The van der Waals surface area contributed by atoms with Gasteiger partial charge >= 0.3 is 6.18 Å². The average molecular weight is 332 g/mol. The van der Waals surface area contributed by atoms with E-state index in [-0.39, 0.29) is 24.8 Å². The van der Waals surface area contributed by atoms with Gasteiger partial charge in [-0.25, -0.2) is 0 Å². The van der Waals surface area contributed by atoms with Crippen molar-refractivity contribution in [3.8, 4) is 0 Å². The number of ether oxygens (including phenoxy) is 1. The fourth-order valence-electron chi connectivity index (χ4n) is 2.25. The third-order valence-corrected chi connectivity index (χ3v) is 3.57. The molecule has 130 valence electrons. The van der Waals surface area contributed by atoms with Gasteiger partial charge in [0.15, 0.2) is 0 Å². The lowest BCUT2D eigenvalue weighted by atomic mass is 9.94. The van der Waals surface area contributed by atoms with Gasteiger partial charge in [0.1, 0.15) is 0 Å². The van der Waals surface area contributed by atoms with Crippen molar-refractivity contribution in [3.63, 3.8) is 0 Å². The number of alkyl halides is 3. The topological polar surface area (TPSA) is 64.3 Å². The summed E-state index contributed by atoms with van der Waals surface area (Å²) >= 11 is 0. The van der Waals surface area contributed by atoms with Crippen LogP contribution in [0, 0.1) is 5.92 Å². The second-order valence-corrected chi connectivity index (χ2v) is 5.71. The van der Waals surface area contributed by atoms with Crippen molar-refractivity contribution in [3.05, 3.63) is 35.4 Å². The molecule has 2 atom stereocenters. The first kappa shape index (κ1) is 19.4. The number of methoxy groups -OCH3 is 1. The number of carbonyl (C=O) groups is 1. The van der Waals surface area contributed by atoms with E-state index in [1.54, 1.807) is 6.07 Å². The molecule has 0 heterocycles. The van der Waals surface area contributed by atoms with Gasteiger partial charge in [0.05, 0.1) is 24.1 Å². The largest absolute Gasteiger partial charge is 0.416 e. The molecule has 0 radical (unpaired) electrons. The quantitative estimate of drug-likeness (QED) is 0.807. The van der Waals surface area contributed by atoms with Crippen LogP contribution in [0.5, 0.6) is 0 Å². The normalized spacial score (nSPS) is 14.6. The average Bonchev–Trinajstić information content (AvgIpc) is 2.49. The molecule has 0 aliphatic rings. The number of hydrogen-bond acceptors (Lipinski definition) is 3. The molecule has 1 rings (SSSR count). The molecule has 4 nitrogen and oxygen atoms in total. The van der Waals surface area contributed by atoms with E-state index in [0.717, 1.165) is 12.1 Å². The SMILES string of the molecule is COC(CN)CC(=O)NC(c1cccc(C(F)(F)F)c1)C(C)C. The standard InChI is InChI=1S/C16H23F3N2O2/c1-10(2)15(21-14(22)8-13(9-20)23-3)11-5-4-6-12(7-11)16(17,18)19/h4-7,10,13,15H,8-9,20H2,1-3H3,(H,21,22). The van der Waals surface area contributed by atoms with Crippen LogP contribution in [-0.4, -0.2) is 25.7 Å². The van der Waals surface area contributed by atoms with Crippen molar-refractivity contribution in [2.45, 2.75) is 38.6 Å². The van der Waals surface area contributed by atoms with E-state index in [0.29, 0.717) is 5.56 Å². The van der Waals surface area contributed by atoms with Crippen LogP contribution in [0.15, 0.2) is 24.3 Å². The van der Waals surface area contributed by atoms with Gasteiger partial charge in [0.25, 0.3) is 0 Å². The van der Waals surface area contributed by atoms with Gasteiger partial charge in [0, 0.05) is 13.7 Å². The zero-order chi connectivity index (χ0) is 17.6. The summed E-state index contributed by atoms with van der Waals surface area (Å²) in [6.07, 6.45) is -4.76. The molecule has 2 unspecified atom stereocenters. The molecule has 0 aromatic heterocycles. The molecule has 7 heteroatoms. The van der Waals surface area contributed by atoms with Crippen molar-refractivity contribution in [2.24, 2.45) is 11.7 Å². The molecule has 0 aliphatic carbocycles. The van der Waals surface area contributed by atoms with E-state index >= 15 is 0 Å². The lowest BCUT2D eigenvalue weighted by molar-refractivity contribution is -0.137. The zero-order valence-electron chi connectivity index (χ0n) is 13.5. The molecule has 0 fully saturated rings. The highest BCUT2D eigenvalue weighted by Gasteiger charge is 2.31. The number of hydrogen-bond donors (Lipinski definition) is 2. The van der Waals surface area contributed by atoms with Crippen molar-refractivity contribution in [1.29, 1.82) is 0 Å². The molecule has 0 aliphatic heterocycles. The Bertz CT molecular complexity index is 514. The smallest absolute Gasteiger partial charge is 0.380 e. The fraction of sp³-hybridized carbons (Fsp3) is 0.562. The lowest BCUT2D eigenvalue weighted by Crippen LogP contribution is -2.36. The highest BCUT2D eigenvalue weighted by molar-refractivity contribution is 5.77. The maximum absolute atomic E-state index is 12.8. The van der Waals surface area contributed by atoms with Crippen LogP contribution in [0.4, 0.5) is 13.2 Å². The summed E-state index contributed by atoms with van der Waals surface area (Å²) in [4.78, 5) is 12.1. The van der Waals surface area contributed by atoms with E-state index in [9.17, 15) is 18.0 Å². The predicted octanol–water partition coefficient (Wildman–Crippen LogP) is 2.88. The Kier molecular flexibility index (Phi) is 7.02. The second-order valence-electron chi connectivity index (χ2n) is 5.71. The lowest BCUT2D eigenvalue weighted by Gasteiger charge is -2.24. The Balaban J connectivity index is 2.93. The van der Waals surface area contributed by atoms with Crippen LogP contribution < -0.4 is 11.1 Å². The van der Waals surface area contributed by atoms with E-state index in [1.807, 2.05) is 13.8 Å². The number of carbonyl (C=O) groups excluding carboxylic acids is 1. The summed E-state index contributed by atoms with van der Waals surface area (Å²) in [6, 6.07) is 4.49. The summed E-state index contributed by atoms with van der Waals surface area (Å²) in [6.45, 7) is 3.86. The molecule has 23 heavy (non-hydrogen) atoms. The van der Waals surface area contributed by atoms with Gasteiger partial charge in [-0.2, -0.15) is 13.2 Å². The molecule has 1 aromatic rings. The maximum Gasteiger partial charge on any atom is 0.416 e. The minimum Gasteiger partial charge on any atom is -0.380 e. The fourth-order valence-corrected chi connectivity index (χ4v) is 2.25. The molecule has 0 saturated heterocycles. The van der Waals surface area contributed by atoms with E-state index in [2.05, 4.69) is 5.32 Å². The summed E-state index contributed by atoms with van der Waals surface area (Å²) in [5.41, 5.74) is 5.16. The highest BCUT2D eigenvalue weighted by Crippen LogP contribution is 2.32. The van der Waals surface area contributed by atoms with Gasteiger partial charge in [-0.1, -0.05) is 26.0 Å². The van der Waals surface area contributed by atoms with Crippen LogP contribution in [0.1, 0.15) is 37.4 Å². The molecule has 1 aromatic carbocycles. The van der Waals surface area contributed by atoms with Gasteiger partial charge in [-0.3, -0.25) is 4.79 Å². The summed E-state index contributed by atoms with van der Waals surface area (Å²) in [7, 11) is 1.46. The minimum atomic E-state index is -4.41.